The lowest BCUT2D eigenvalue weighted by Gasteiger charge is -2.28. The van der Waals surface area contributed by atoms with Crippen molar-refractivity contribution < 1.29 is 19.5 Å². The standard InChI is InChI=1S/C16H12Br2ClNO4/c17-12-7-4-8(13(12)18)11-10(7)14(21)20(15(11)22)5-1-2-9(19)6(3-5)16(23)24/h1-3,7-8,10-13H,4H2,(H,23,24)/t7-,8-,10-,11-,12-,13+/m0/s1. The fourth-order valence-corrected chi connectivity index (χ4v) is 6.49. The maximum absolute atomic E-state index is 12.9. The van der Waals surface area contributed by atoms with Gasteiger partial charge in [-0.1, -0.05) is 43.5 Å². The number of amides is 2. The highest BCUT2D eigenvalue weighted by atomic mass is 79.9. The molecule has 1 heterocycles. The second-order valence-corrected chi connectivity index (χ2v) is 9.01. The van der Waals surface area contributed by atoms with Crippen LogP contribution in [-0.2, 0) is 9.59 Å². The molecule has 1 aliphatic heterocycles. The van der Waals surface area contributed by atoms with E-state index in [0.29, 0.717) is 0 Å². The molecule has 1 saturated heterocycles. The van der Waals surface area contributed by atoms with Gasteiger partial charge in [-0.25, -0.2) is 4.79 Å². The Hall–Kier alpha value is -0.920. The largest absolute Gasteiger partial charge is 0.478 e. The first-order chi connectivity index (χ1) is 11.3. The van der Waals surface area contributed by atoms with Crippen LogP contribution in [-0.4, -0.2) is 32.5 Å². The number of carboxylic acid groups (broad SMARTS) is 1. The van der Waals surface area contributed by atoms with E-state index in [9.17, 15) is 19.5 Å². The summed E-state index contributed by atoms with van der Waals surface area (Å²) in [5.74, 6) is -2.08. The van der Waals surface area contributed by atoms with Crippen LogP contribution in [0.15, 0.2) is 18.2 Å². The molecule has 5 nitrogen and oxygen atoms in total. The quantitative estimate of drug-likeness (QED) is 0.524. The number of benzene rings is 1. The molecule has 8 heteroatoms. The van der Waals surface area contributed by atoms with Crippen LogP contribution in [0, 0.1) is 23.7 Å². The van der Waals surface area contributed by atoms with Crippen LogP contribution < -0.4 is 4.90 Å². The number of carbonyl (C=O) groups is 3. The van der Waals surface area contributed by atoms with Crippen molar-refractivity contribution in [2.75, 3.05) is 4.90 Å². The normalized spacial score (nSPS) is 37.2. The van der Waals surface area contributed by atoms with Crippen LogP contribution in [0.3, 0.4) is 0 Å². The number of anilines is 1. The molecule has 1 aromatic rings. The van der Waals surface area contributed by atoms with E-state index in [1.54, 1.807) is 0 Å². The number of aromatic carboxylic acids is 1. The average Bonchev–Trinajstić information content (AvgIpc) is 3.13. The van der Waals surface area contributed by atoms with Gasteiger partial charge < -0.3 is 5.11 Å². The second-order valence-electron chi connectivity index (χ2n) is 6.49. The summed E-state index contributed by atoms with van der Waals surface area (Å²) in [6.07, 6.45) is 0.855. The molecule has 126 valence electrons. The Bertz CT molecular complexity index is 753. The summed E-state index contributed by atoms with van der Waals surface area (Å²) in [5, 5.41) is 9.28. The van der Waals surface area contributed by atoms with Crippen LogP contribution >= 0.6 is 43.5 Å². The maximum Gasteiger partial charge on any atom is 0.337 e. The Morgan fingerprint density at radius 2 is 1.67 bits per heavy atom. The number of carbonyl (C=O) groups excluding carboxylic acids is 2. The molecule has 4 rings (SSSR count). The zero-order valence-electron chi connectivity index (χ0n) is 12.2. The van der Waals surface area contributed by atoms with Gasteiger partial charge in [0, 0.05) is 9.65 Å². The van der Waals surface area contributed by atoms with Gasteiger partial charge in [0.1, 0.15) is 0 Å². The van der Waals surface area contributed by atoms with Crippen molar-refractivity contribution in [3.8, 4) is 0 Å². The molecule has 6 atom stereocenters. The first kappa shape index (κ1) is 16.5. The molecule has 2 aliphatic carbocycles. The van der Waals surface area contributed by atoms with Crippen LogP contribution in [0.4, 0.5) is 5.69 Å². The number of nitrogens with zero attached hydrogens (tertiary/aromatic N) is 1. The number of imide groups is 1. The van der Waals surface area contributed by atoms with Crippen LogP contribution in [0.1, 0.15) is 16.8 Å². The van der Waals surface area contributed by atoms with E-state index in [1.807, 2.05) is 0 Å². The van der Waals surface area contributed by atoms with Crippen molar-refractivity contribution in [3.63, 3.8) is 0 Å². The number of hydrogen-bond donors (Lipinski definition) is 1. The molecule has 3 aliphatic rings. The first-order valence-corrected chi connectivity index (χ1v) is 9.72. The SMILES string of the molecule is O=C(O)c1cc(N2C(=O)[C@H]3[C@@H]4C[C@H]([C@@H](Br)[C@H]4Br)[C@@H]3C2=O)ccc1Cl. The summed E-state index contributed by atoms with van der Waals surface area (Å²) in [6.45, 7) is 0. The van der Waals surface area contributed by atoms with Crippen LogP contribution in [0.25, 0.3) is 0 Å². The van der Waals surface area contributed by atoms with Crippen molar-refractivity contribution in [2.45, 2.75) is 16.1 Å². The van der Waals surface area contributed by atoms with Crippen molar-refractivity contribution in [1.82, 2.24) is 0 Å². The van der Waals surface area contributed by atoms with Gasteiger partial charge in [-0.05, 0) is 36.5 Å². The summed E-state index contributed by atoms with van der Waals surface area (Å²) >= 11 is 13.2. The van der Waals surface area contributed by atoms with Crippen molar-refractivity contribution >= 4 is 66.9 Å². The van der Waals surface area contributed by atoms with Crippen LogP contribution in [0.2, 0.25) is 5.02 Å². The molecule has 2 amide bonds. The highest BCUT2D eigenvalue weighted by molar-refractivity contribution is 9.12. The Balaban J connectivity index is 1.74. The molecule has 24 heavy (non-hydrogen) atoms. The summed E-state index contributed by atoms with van der Waals surface area (Å²) in [4.78, 5) is 38.5. The molecule has 0 spiro atoms. The molecule has 1 N–H and O–H groups in total. The second kappa shape index (κ2) is 5.54. The van der Waals surface area contributed by atoms with Crippen LogP contribution in [0.5, 0.6) is 0 Å². The van der Waals surface area contributed by atoms with E-state index in [1.165, 1.54) is 18.2 Å². The average molecular weight is 478 g/mol. The third-order valence-corrected chi connectivity index (χ3v) is 8.96. The molecule has 0 radical (unpaired) electrons. The van der Waals surface area contributed by atoms with Gasteiger partial charge >= 0.3 is 5.97 Å². The molecule has 3 fully saturated rings. The zero-order chi connectivity index (χ0) is 17.3. The summed E-state index contributed by atoms with van der Waals surface area (Å²) in [5.41, 5.74) is 0.157. The van der Waals surface area contributed by atoms with Gasteiger partial charge in [0.15, 0.2) is 0 Å². The molecule has 0 unspecified atom stereocenters. The maximum atomic E-state index is 12.9. The smallest absolute Gasteiger partial charge is 0.337 e. The topological polar surface area (TPSA) is 74.7 Å². The number of rotatable bonds is 2. The Morgan fingerprint density at radius 3 is 2.17 bits per heavy atom. The van der Waals surface area contributed by atoms with Gasteiger partial charge in [-0.2, -0.15) is 0 Å². The molecule has 2 bridgehead atoms. The number of alkyl halides is 2. The lowest BCUT2D eigenvalue weighted by atomic mass is 9.81. The highest BCUT2D eigenvalue weighted by Gasteiger charge is 2.66. The molecule has 1 aromatic carbocycles. The third kappa shape index (κ3) is 2.07. The van der Waals surface area contributed by atoms with Gasteiger partial charge in [0.05, 0.1) is 28.1 Å². The number of fused-ring (bicyclic) bond motifs is 5. The van der Waals surface area contributed by atoms with E-state index in [-0.39, 0.29) is 61.4 Å². The molecule has 0 aromatic heterocycles. The number of halogens is 3. The van der Waals surface area contributed by atoms with Gasteiger partial charge in [0.2, 0.25) is 11.8 Å². The predicted molar refractivity (Wildman–Crippen MR) is 94.9 cm³/mol. The minimum Gasteiger partial charge on any atom is -0.478 e. The Morgan fingerprint density at radius 1 is 1.12 bits per heavy atom. The molecule has 2 saturated carbocycles. The zero-order valence-corrected chi connectivity index (χ0v) is 16.1. The predicted octanol–water partition coefficient (Wildman–Crippen LogP) is 3.32. The Kier molecular flexibility index (Phi) is 3.82. The molecular weight excluding hydrogens is 465 g/mol. The van der Waals surface area contributed by atoms with E-state index < -0.39 is 5.97 Å². The monoisotopic (exact) mass is 475 g/mol. The van der Waals surface area contributed by atoms with E-state index in [4.69, 9.17) is 11.6 Å². The summed E-state index contributed by atoms with van der Waals surface area (Å²) in [6, 6.07) is 4.22. The van der Waals surface area contributed by atoms with Crippen molar-refractivity contribution in [3.05, 3.63) is 28.8 Å². The fraction of sp³-hybridized carbons (Fsp3) is 0.438. The number of hydrogen-bond acceptors (Lipinski definition) is 3. The lowest BCUT2D eigenvalue weighted by Crippen LogP contribution is -2.37. The first-order valence-electron chi connectivity index (χ1n) is 7.51. The third-order valence-electron chi connectivity index (χ3n) is 5.43. The minimum absolute atomic E-state index is 0.0756. The van der Waals surface area contributed by atoms with E-state index in [0.717, 1.165) is 11.3 Å². The van der Waals surface area contributed by atoms with Gasteiger partial charge in [0.25, 0.3) is 0 Å². The Labute approximate surface area is 159 Å². The van der Waals surface area contributed by atoms with Gasteiger partial charge in [-0.3, -0.25) is 14.5 Å². The fourth-order valence-electron chi connectivity index (χ4n) is 4.42. The highest BCUT2D eigenvalue weighted by Crippen LogP contribution is 2.60. The van der Waals surface area contributed by atoms with Crippen molar-refractivity contribution in [1.29, 1.82) is 0 Å². The van der Waals surface area contributed by atoms with Gasteiger partial charge in [-0.15, -0.1) is 0 Å². The lowest BCUT2D eigenvalue weighted by molar-refractivity contribution is -0.123. The molecular formula is C16H12Br2ClNO4. The van der Waals surface area contributed by atoms with Crippen molar-refractivity contribution in [2.24, 2.45) is 23.7 Å². The van der Waals surface area contributed by atoms with E-state index >= 15 is 0 Å². The minimum atomic E-state index is -1.19. The van der Waals surface area contributed by atoms with E-state index in [2.05, 4.69) is 31.9 Å². The summed E-state index contributed by atoms with van der Waals surface area (Å²) in [7, 11) is 0. The number of carboxylic acids is 1. The summed E-state index contributed by atoms with van der Waals surface area (Å²) < 4.78 is 0.